The molecule has 0 fully saturated rings. The molecule has 0 spiro atoms. The normalized spacial score (nSPS) is 16.6. The maximum Gasteiger partial charge on any atom is 0.131 e. The van der Waals surface area contributed by atoms with Crippen LogP contribution in [0.1, 0.15) is 38.8 Å². The smallest absolute Gasteiger partial charge is 0.131 e. The van der Waals surface area contributed by atoms with Gasteiger partial charge in [0.1, 0.15) is 17.1 Å². The summed E-state index contributed by atoms with van der Waals surface area (Å²) < 4.78 is 11.7. The second kappa shape index (κ2) is 4.10. The van der Waals surface area contributed by atoms with Gasteiger partial charge in [-0.15, -0.1) is 0 Å². The van der Waals surface area contributed by atoms with Crippen LogP contribution in [0.15, 0.2) is 18.2 Å². The van der Waals surface area contributed by atoms with E-state index in [9.17, 15) is 0 Å². The van der Waals surface area contributed by atoms with Gasteiger partial charge in [-0.1, -0.05) is 6.08 Å². The summed E-state index contributed by atoms with van der Waals surface area (Å²) >= 11 is 0. The Morgan fingerprint density at radius 2 is 1.94 bits per heavy atom. The van der Waals surface area contributed by atoms with E-state index < -0.39 is 0 Å². The number of rotatable bonds is 2. The maximum absolute atomic E-state index is 5.96. The molecule has 0 saturated carbocycles. The molecular weight excluding hydrogens is 212 g/mol. The van der Waals surface area contributed by atoms with Crippen molar-refractivity contribution in [1.82, 2.24) is 0 Å². The fourth-order valence-electron chi connectivity index (χ4n) is 1.97. The highest BCUT2D eigenvalue weighted by molar-refractivity contribution is 5.65. The van der Waals surface area contributed by atoms with Crippen LogP contribution in [0.25, 0.3) is 6.08 Å². The first kappa shape index (κ1) is 12.0. The topological polar surface area (TPSA) is 18.5 Å². The summed E-state index contributed by atoms with van der Waals surface area (Å²) in [6.07, 6.45) is 4.40. The van der Waals surface area contributed by atoms with Crippen molar-refractivity contribution >= 4 is 6.08 Å². The molecule has 1 aromatic carbocycles. The van der Waals surface area contributed by atoms with E-state index in [1.807, 2.05) is 19.9 Å². The molecule has 0 amide bonds. The minimum Gasteiger partial charge on any atom is -0.491 e. The molecule has 17 heavy (non-hydrogen) atoms. The first-order valence-electron chi connectivity index (χ1n) is 6.07. The highest BCUT2D eigenvalue weighted by Crippen LogP contribution is 2.36. The molecule has 0 bridgehead atoms. The molecule has 0 unspecified atom stereocenters. The van der Waals surface area contributed by atoms with Gasteiger partial charge in [0.15, 0.2) is 0 Å². The lowest BCUT2D eigenvalue weighted by Gasteiger charge is -2.29. The Bertz CT molecular complexity index is 456. The monoisotopic (exact) mass is 232 g/mol. The number of aryl methyl sites for hydroxylation is 1. The molecule has 1 heterocycles. The number of benzene rings is 1. The molecular formula is C15H20O2. The van der Waals surface area contributed by atoms with Crippen LogP contribution in [0.5, 0.6) is 11.5 Å². The lowest BCUT2D eigenvalue weighted by atomic mass is 9.99. The van der Waals surface area contributed by atoms with Crippen molar-refractivity contribution in [1.29, 1.82) is 0 Å². The third-order valence-electron chi connectivity index (χ3n) is 2.72. The van der Waals surface area contributed by atoms with Crippen molar-refractivity contribution in [3.63, 3.8) is 0 Å². The van der Waals surface area contributed by atoms with E-state index in [2.05, 4.69) is 39.0 Å². The highest BCUT2D eigenvalue weighted by atomic mass is 16.5. The number of ether oxygens (including phenoxy) is 2. The zero-order chi connectivity index (χ0) is 12.6. The van der Waals surface area contributed by atoms with Crippen LogP contribution in [0.2, 0.25) is 0 Å². The summed E-state index contributed by atoms with van der Waals surface area (Å²) in [5.74, 6) is 1.79. The molecule has 0 radical (unpaired) electrons. The van der Waals surface area contributed by atoms with Crippen molar-refractivity contribution in [3.05, 3.63) is 29.3 Å². The third-order valence-corrected chi connectivity index (χ3v) is 2.72. The molecule has 0 N–H and O–H groups in total. The first-order valence-corrected chi connectivity index (χ1v) is 6.07. The standard InChI is InChI=1S/C15H20O2/c1-10(2)16-12-8-11(3)13-6-7-15(4,5)17-14(13)9-12/h6-10H,1-5H3. The van der Waals surface area contributed by atoms with Gasteiger partial charge in [-0.2, -0.15) is 0 Å². The largest absolute Gasteiger partial charge is 0.491 e. The van der Waals surface area contributed by atoms with Crippen LogP contribution < -0.4 is 9.47 Å². The first-order chi connectivity index (χ1) is 7.87. The van der Waals surface area contributed by atoms with Gasteiger partial charge in [0, 0.05) is 11.6 Å². The van der Waals surface area contributed by atoms with Crippen molar-refractivity contribution < 1.29 is 9.47 Å². The van der Waals surface area contributed by atoms with E-state index in [4.69, 9.17) is 9.47 Å². The predicted molar refractivity (Wildman–Crippen MR) is 70.7 cm³/mol. The van der Waals surface area contributed by atoms with Gasteiger partial charge in [-0.25, -0.2) is 0 Å². The van der Waals surface area contributed by atoms with Gasteiger partial charge in [0.2, 0.25) is 0 Å². The van der Waals surface area contributed by atoms with E-state index in [1.54, 1.807) is 0 Å². The molecule has 1 aliphatic rings. The van der Waals surface area contributed by atoms with Crippen molar-refractivity contribution in [2.24, 2.45) is 0 Å². The Balaban J connectivity index is 2.40. The van der Waals surface area contributed by atoms with Gasteiger partial charge in [0.25, 0.3) is 0 Å². The van der Waals surface area contributed by atoms with Crippen LogP contribution >= 0.6 is 0 Å². The Hall–Kier alpha value is -1.44. The molecule has 0 atom stereocenters. The summed E-state index contributed by atoms with van der Waals surface area (Å²) in [4.78, 5) is 0. The van der Waals surface area contributed by atoms with Crippen LogP contribution in [0, 0.1) is 6.92 Å². The highest BCUT2D eigenvalue weighted by Gasteiger charge is 2.23. The van der Waals surface area contributed by atoms with Crippen molar-refractivity contribution in [3.8, 4) is 11.5 Å². The summed E-state index contributed by atoms with van der Waals surface area (Å²) in [5.41, 5.74) is 2.10. The summed E-state index contributed by atoms with van der Waals surface area (Å²) in [6.45, 7) is 10.2. The van der Waals surface area contributed by atoms with E-state index >= 15 is 0 Å². The SMILES string of the molecule is Cc1cc(OC(C)C)cc2c1C=CC(C)(C)O2. The average Bonchev–Trinajstić information content (AvgIpc) is 2.13. The third kappa shape index (κ3) is 2.63. The zero-order valence-corrected chi connectivity index (χ0v) is 11.2. The van der Waals surface area contributed by atoms with E-state index in [1.165, 1.54) is 5.56 Å². The summed E-state index contributed by atoms with van der Waals surface area (Å²) in [5, 5.41) is 0. The molecule has 2 nitrogen and oxygen atoms in total. The molecule has 2 heteroatoms. The number of fused-ring (bicyclic) bond motifs is 1. The number of hydrogen-bond acceptors (Lipinski definition) is 2. The van der Waals surface area contributed by atoms with Gasteiger partial charge >= 0.3 is 0 Å². The average molecular weight is 232 g/mol. The molecule has 0 aliphatic carbocycles. The molecule has 1 aromatic rings. The van der Waals surface area contributed by atoms with Crippen LogP contribution in [0.3, 0.4) is 0 Å². The van der Waals surface area contributed by atoms with Crippen molar-refractivity contribution in [2.75, 3.05) is 0 Å². The Kier molecular flexibility index (Phi) is 2.90. The second-order valence-corrected chi connectivity index (χ2v) is 5.36. The van der Waals surface area contributed by atoms with Gasteiger partial charge in [-0.3, -0.25) is 0 Å². The zero-order valence-electron chi connectivity index (χ0n) is 11.2. The van der Waals surface area contributed by atoms with Crippen molar-refractivity contribution in [2.45, 2.75) is 46.3 Å². The lowest BCUT2D eigenvalue weighted by Crippen LogP contribution is -2.27. The quantitative estimate of drug-likeness (QED) is 0.768. The molecule has 0 saturated heterocycles. The fraction of sp³-hybridized carbons (Fsp3) is 0.467. The second-order valence-electron chi connectivity index (χ2n) is 5.36. The van der Waals surface area contributed by atoms with Gasteiger partial charge in [0.05, 0.1) is 6.10 Å². The van der Waals surface area contributed by atoms with E-state index in [0.717, 1.165) is 17.1 Å². The summed E-state index contributed by atoms with van der Waals surface area (Å²) in [7, 11) is 0. The minimum atomic E-state index is -0.240. The van der Waals surface area contributed by atoms with Crippen LogP contribution in [0.4, 0.5) is 0 Å². The lowest BCUT2D eigenvalue weighted by molar-refractivity contribution is 0.157. The molecule has 0 aromatic heterocycles. The predicted octanol–water partition coefficient (Wildman–Crippen LogP) is 3.97. The van der Waals surface area contributed by atoms with Gasteiger partial charge < -0.3 is 9.47 Å². The Labute approximate surface area is 103 Å². The molecule has 92 valence electrons. The van der Waals surface area contributed by atoms with Gasteiger partial charge in [-0.05, 0) is 52.3 Å². The Morgan fingerprint density at radius 3 is 2.59 bits per heavy atom. The molecule has 2 rings (SSSR count). The Morgan fingerprint density at radius 1 is 1.24 bits per heavy atom. The summed E-state index contributed by atoms with van der Waals surface area (Å²) in [6, 6.07) is 4.04. The van der Waals surface area contributed by atoms with E-state index in [-0.39, 0.29) is 11.7 Å². The number of hydrogen-bond donors (Lipinski definition) is 0. The van der Waals surface area contributed by atoms with Crippen LogP contribution in [-0.4, -0.2) is 11.7 Å². The molecule has 1 aliphatic heterocycles. The fourth-order valence-corrected chi connectivity index (χ4v) is 1.97. The minimum absolute atomic E-state index is 0.180. The van der Waals surface area contributed by atoms with Crippen LogP contribution in [-0.2, 0) is 0 Å². The maximum atomic E-state index is 5.96. The van der Waals surface area contributed by atoms with E-state index in [0.29, 0.717) is 0 Å².